The van der Waals surface area contributed by atoms with Gasteiger partial charge in [0.1, 0.15) is 0 Å². The molecule has 0 saturated carbocycles. The van der Waals surface area contributed by atoms with E-state index in [1.807, 2.05) is 0 Å². The maximum Gasteiger partial charge on any atom is 0.176 e. The molecule has 452 valence electrons. The van der Waals surface area contributed by atoms with Crippen molar-refractivity contribution in [3.8, 4) is 0 Å². The Morgan fingerprint density at radius 3 is 0.545 bits per heavy atom. The molecule has 0 aromatic heterocycles. The highest BCUT2D eigenvalue weighted by Crippen LogP contribution is 2.43. The van der Waals surface area contributed by atoms with E-state index in [0.29, 0.717) is 0 Å². The van der Waals surface area contributed by atoms with Crippen LogP contribution in [0.1, 0.15) is 195 Å². The van der Waals surface area contributed by atoms with Gasteiger partial charge in [-0.3, -0.25) is 0 Å². The smallest absolute Gasteiger partial charge is 0.0636 e. The van der Waals surface area contributed by atoms with E-state index in [-0.39, 0.29) is 5.92 Å². The second-order valence-corrected chi connectivity index (χ2v) is 32.0. The number of benzene rings is 9. The molecule has 0 saturated heterocycles. The van der Waals surface area contributed by atoms with Gasteiger partial charge in [-0.05, 0) is 344 Å². The molecule has 0 radical (unpaired) electrons. The third-order valence-corrected chi connectivity index (χ3v) is 25.9. The molecule has 0 bridgehead atoms. The molecule has 10 rings (SSSR count). The molecule has 0 heterocycles. The summed E-state index contributed by atoms with van der Waals surface area (Å²) in [6.45, 7) is 51.6. The van der Waals surface area contributed by atoms with Crippen LogP contribution >= 0.6 is 0 Å². The van der Waals surface area contributed by atoms with E-state index in [1.54, 1.807) is 5.20 Å². The largest absolute Gasteiger partial charge is 0.176 e. The zero-order chi connectivity index (χ0) is 63.5. The fraction of sp³-hybridized carbons (Fsp3) is 0.333. The first kappa shape index (κ1) is 63.7. The Morgan fingerprint density at radius 2 is 0.398 bits per heavy atom. The lowest BCUT2D eigenvalue weighted by atomic mass is 9.91. The monoisotopic (exact) mass is 1170 g/mol. The van der Waals surface area contributed by atoms with Crippen LogP contribution in [-0.2, 0) is 38.5 Å². The SMILES string of the molecule is CC1=C(C)C(C)C([Si](c2cc(Cc3c(C)cc(C)cc3C)cc(Cc3c(C)cc(C)cc3C)c2)(c2cc(Cc3c(C)cc(C)cc3C)cc(Cc3c(C)cc(C)cc3C)c2)c2cc(Cc3c(C)cc(C)cc3C)cc(Cc3c(C)cc(C)cc3C)c2)=C1C. The maximum absolute atomic E-state index is 3.47. The lowest BCUT2D eigenvalue weighted by Crippen LogP contribution is -2.70. The van der Waals surface area contributed by atoms with Gasteiger partial charge in [0.15, 0.2) is 8.07 Å². The lowest BCUT2D eigenvalue weighted by Gasteiger charge is -2.40. The molecule has 9 aromatic carbocycles. The second kappa shape index (κ2) is 25.3. The van der Waals surface area contributed by atoms with Gasteiger partial charge < -0.3 is 0 Å². The average molecular weight is 1170 g/mol. The molecule has 0 spiro atoms. The second-order valence-electron chi connectivity index (χ2n) is 28.3. The van der Waals surface area contributed by atoms with Crippen LogP contribution in [0.3, 0.4) is 0 Å². The van der Waals surface area contributed by atoms with Gasteiger partial charge in [0.25, 0.3) is 0 Å². The Hall–Kier alpha value is -7.32. The summed E-state index contributed by atoms with van der Waals surface area (Å²) in [6, 6.07) is 53.2. The van der Waals surface area contributed by atoms with Gasteiger partial charge >= 0.3 is 0 Å². The Bertz CT molecular complexity index is 3560. The minimum atomic E-state index is -3.47. The quantitative estimate of drug-likeness (QED) is 0.0668. The van der Waals surface area contributed by atoms with Crippen LogP contribution in [0, 0.1) is 131 Å². The van der Waals surface area contributed by atoms with Crippen molar-refractivity contribution < 1.29 is 0 Å². The highest BCUT2D eigenvalue weighted by Gasteiger charge is 2.49. The van der Waals surface area contributed by atoms with Gasteiger partial charge in [0.05, 0.1) is 0 Å². The summed E-state index contributed by atoms with van der Waals surface area (Å²) < 4.78 is 0. The molecule has 0 N–H and O–H groups in total. The highest BCUT2D eigenvalue weighted by molar-refractivity contribution is 7.16. The third kappa shape index (κ3) is 12.8. The van der Waals surface area contributed by atoms with Crippen molar-refractivity contribution in [1.82, 2.24) is 0 Å². The van der Waals surface area contributed by atoms with E-state index in [0.717, 1.165) is 38.5 Å². The minimum absolute atomic E-state index is 0.215. The average Bonchev–Trinajstić information content (AvgIpc) is 1.31. The maximum atomic E-state index is 2.75. The predicted molar refractivity (Wildman–Crippen MR) is 385 cm³/mol. The van der Waals surface area contributed by atoms with Gasteiger partial charge in [-0.15, -0.1) is 0 Å². The first-order valence-corrected chi connectivity index (χ1v) is 34.8. The van der Waals surface area contributed by atoms with Gasteiger partial charge in [-0.2, -0.15) is 0 Å². The van der Waals surface area contributed by atoms with Crippen LogP contribution in [0.25, 0.3) is 0 Å². The van der Waals surface area contributed by atoms with Gasteiger partial charge in [0, 0.05) is 0 Å². The summed E-state index contributed by atoms with van der Waals surface area (Å²) in [5.74, 6) is 0.215. The van der Waals surface area contributed by atoms with Crippen molar-refractivity contribution in [2.75, 3.05) is 0 Å². The van der Waals surface area contributed by atoms with Crippen LogP contribution in [0.4, 0.5) is 0 Å². The van der Waals surface area contributed by atoms with E-state index in [1.165, 1.54) is 199 Å². The Balaban J connectivity index is 1.41. The molecule has 0 amide bonds. The summed E-state index contributed by atoms with van der Waals surface area (Å²) in [5, 5.41) is 6.12. The highest BCUT2D eigenvalue weighted by atomic mass is 28.3. The zero-order valence-corrected chi connectivity index (χ0v) is 58.9. The molecule has 0 fully saturated rings. The Kier molecular flexibility index (Phi) is 18.3. The first-order valence-electron chi connectivity index (χ1n) is 32.8. The van der Waals surface area contributed by atoms with Crippen LogP contribution in [0.2, 0.25) is 0 Å². The predicted octanol–water partition coefficient (Wildman–Crippen LogP) is 20.1. The minimum Gasteiger partial charge on any atom is -0.0636 e. The first-order chi connectivity index (χ1) is 41.6. The molecule has 1 atom stereocenters. The molecule has 1 heteroatoms. The Morgan fingerprint density at radius 1 is 0.227 bits per heavy atom. The van der Waals surface area contributed by atoms with E-state index in [2.05, 4.69) is 280 Å². The lowest BCUT2D eigenvalue weighted by molar-refractivity contribution is 0.851. The van der Waals surface area contributed by atoms with Crippen LogP contribution < -0.4 is 15.6 Å². The molecule has 9 aromatic rings. The molecule has 1 aliphatic carbocycles. The summed E-state index contributed by atoms with van der Waals surface area (Å²) >= 11 is 0. The normalized spacial score (nSPS) is 13.6. The van der Waals surface area contributed by atoms with E-state index in [4.69, 9.17) is 0 Å². The van der Waals surface area contributed by atoms with Crippen LogP contribution in [0.15, 0.2) is 149 Å². The Labute approximate surface area is 533 Å². The van der Waals surface area contributed by atoms with Crippen molar-refractivity contribution in [1.29, 1.82) is 0 Å². The topological polar surface area (TPSA) is 0 Å². The molecule has 0 aliphatic heterocycles. The zero-order valence-electron chi connectivity index (χ0n) is 57.9. The summed E-state index contributed by atoms with van der Waals surface area (Å²) in [6.07, 6.45) is 5.20. The van der Waals surface area contributed by atoms with Crippen molar-refractivity contribution in [2.45, 2.75) is 191 Å². The molecular weight excluding hydrogens is 1070 g/mol. The standard InChI is InChI=1S/C87H100Si/c1-50-23-56(7)81(57(8)24-50)44-72-35-73(45-82-58(9)25-51(2)26-59(82)10)39-78(38-72)88(87-70(21)68(19)69(20)71(87)22,79-40-74(46-83-60(11)27-52(3)28-61(83)12)36-75(41-79)47-84-62(13)29-53(4)30-63(84)14)80-42-76(48-85-64(15)31-54(5)32-65(85)16)37-77(43-80)49-86-66(17)33-55(6)34-67(86)18/h23-43,70H,44-49H2,1-22H3. The number of hydrogen-bond donors (Lipinski definition) is 0. The molecule has 1 unspecified atom stereocenters. The fourth-order valence-corrected chi connectivity index (χ4v) is 22.6. The van der Waals surface area contributed by atoms with Crippen molar-refractivity contribution in [2.24, 2.45) is 5.92 Å². The third-order valence-electron chi connectivity index (χ3n) is 20.8. The van der Waals surface area contributed by atoms with Crippen molar-refractivity contribution in [3.63, 3.8) is 0 Å². The van der Waals surface area contributed by atoms with E-state index in [9.17, 15) is 0 Å². The van der Waals surface area contributed by atoms with Crippen LogP contribution in [0.5, 0.6) is 0 Å². The summed E-state index contributed by atoms with van der Waals surface area (Å²) in [5.41, 5.74) is 45.9. The summed E-state index contributed by atoms with van der Waals surface area (Å²) in [4.78, 5) is 0. The molecular formula is C87H100Si. The van der Waals surface area contributed by atoms with Gasteiger partial charge in [0.2, 0.25) is 0 Å². The fourth-order valence-electron chi connectivity index (χ4n) is 16.6. The van der Waals surface area contributed by atoms with Gasteiger partial charge in [-0.25, -0.2) is 0 Å². The number of aryl methyl sites for hydroxylation is 18. The van der Waals surface area contributed by atoms with Crippen LogP contribution in [-0.4, -0.2) is 8.07 Å². The number of rotatable bonds is 16. The van der Waals surface area contributed by atoms with E-state index >= 15 is 0 Å². The number of hydrogen-bond acceptors (Lipinski definition) is 0. The van der Waals surface area contributed by atoms with Crippen molar-refractivity contribution >= 4 is 23.6 Å². The van der Waals surface area contributed by atoms with E-state index < -0.39 is 8.07 Å². The molecule has 1 aliphatic rings. The molecule has 0 nitrogen and oxygen atoms in total. The van der Waals surface area contributed by atoms with Gasteiger partial charge in [-0.1, -0.05) is 184 Å². The van der Waals surface area contributed by atoms with Crippen molar-refractivity contribution in [3.05, 3.63) is 316 Å². The summed E-state index contributed by atoms with van der Waals surface area (Å²) in [7, 11) is -3.47. The molecule has 88 heavy (non-hydrogen) atoms. The number of allylic oxidation sites excluding steroid dienone is 4.